The summed E-state index contributed by atoms with van der Waals surface area (Å²) in [5.41, 5.74) is 3.57. The van der Waals surface area contributed by atoms with E-state index in [4.69, 9.17) is 9.47 Å². The molecule has 0 radical (unpaired) electrons. The van der Waals surface area contributed by atoms with Gasteiger partial charge in [0.1, 0.15) is 0 Å². The van der Waals surface area contributed by atoms with E-state index in [0.717, 1.165) is 38.5 Å². The molecule has 32 heavy (non-hydrogen) atoms. The molecule has 0 aromatic heterocycles. The molecular weight excluding hydrogens is 400 g/mol. The van der Waals surface area contributed by atoms with E-state index in [2.05, 4.69) is 53.7 Å². The molecule has 0 saturated heterocycles. The number of ether oxygens (including phenoxy) is 2. The van der Waals surface area contributed by atoms with E-state index in [1.54, 1.807) is 24.3 Å². The van der Waals surface area contributed by atoms with Crippen LogP contribution in [-0.2, 0) is 9.47 Å². The van der Waals surface area contributed by atoms with Crippen LogP contribution in [0.4, 0.5) is 0 Å². The van der Waals surface area contributed by atoms with Crippen LogP contribution in [0, 0.1) is 11.8 Å². The number of hydrogen-bond acceptors (Lipinski definition) is 4. The number of carbonyl (C=O) groups is 2. The molecule has 0 spiro atoms. The Labute approximate surface area is 195 Å². The van der Waals surface area contributed by atoms with Crippen LogP contribution < -0.4 is 0 Å². The van der Waals surface area contributed by atoms with Crippen molar-refractivity contribution in [2.75, 3.05) is 13.2 Å². The van der Waals surface area contributed by atoms with Crippen LogP contribution in [0.1, 0.15) is 101 Å². The molecule has 0 aliphatic heterocycles. The van der Waals surface area contributed by atoms with Gasteiger partial charge in [-0.15, -0.1) is 0 Å². The Morgan fingerprint density at radius 1 is 0.688 bits per heavy atom. The molecular formula is C28H42O4. The van der Waals surface area contributed by atoms with Gasteiger partial charge in [-0.05, 0) is 102 Å². The Balaban J connectivity index is 2.33. The molecule has 0 bridgehead atoms. The van der Waals surface area contributed by atoms with E-state index in [1.807, 2.05) is 0 Å². The average Bonchev–Trinajstić information content (AvgIpc) is 2.73. The Morgan fingerprint density at radius 2 is 1.03 bits per heavy atom. The summed E-state index contributed by atoms with van der Waals surface area (Å²) in [5, 5.41) is 0. The lowest BCUT2D eigenvalue weighted by molar-refractivity contribution is 0.0469. The summed E-state index contributed by atoms with van der Waals surface area (Å²) >= 11 is 0. The van der Waals surface area contributed by atoms with Crippen molar-refractivity contribution in [3.05, 3.63) is 58.7 Å². The van der Waals surface area contributed by atoms with Gasteiger partial charge in [-0.3, -0.25) is 0 Å². The van der Waals surface area contributed by atoms with Crippen molar-refractivity contribution >= 4 is 11.9 Å². The highest BCUT2D eigenvalue weighted by Crippen LogP contribution is 2.15. The molecule has 0 N–H and O–H groups in total. The SMILES string of the molecule is CC(C)=CCCC(C)CCOC(=O)c1ccc(C(=O)OCC[C@H](C)CCC=C(C)C)cc1. The third-order valence-corrected chi connectivity index (χ3v) is 5.47. The van der Waals surface area contributed by atoms with E-state index in [9.17, 15) is 9.59 Å². The molecule has 2 atom stereocenters. The summed E-state index contributed by atoms with van der Waals surface area (Å²) in [5.74, 6) is 0.300. The van der Waals surface area contributed by atoms with Crippen molar-refractivity contribution in [1.82, 2.24) is 0 Å². The van der Waals surface area contributed by atoms with Gasteiger partial charge in [0, 0.05) is 0 Å². The molecule has 1 unspecified atom stereocenters. The molecule has 1 rings (SSSR count). The summed E-state index contributed by atoms with van der Waals surface area (Å²) in [4.78, 5) is 24.5. The van der Waals surface area contributed by atoms with Crippen LogP contribution in [0.2, 0.25) is 0 Å². The zero-order valence-corrected chi connectivity index (χ0v) is 20.9. The van der Waals surface area contributed by atoms with E-state index < -0.39 is 0 Å². The summed E-state index contributed by atoms with van der Waals surface area (Å²) in [6.07, 6.45) is 10.5. The Morgan fingerprint density at radius 3 is 1.34 bits per heavy atom. The van der Waals surface area contributed by atoms with E-state index in [-0.39, 0.29) is 11.9 Å². The van der Waals surface area contributed by atoms with Crippen molar-refractivity contribution in [1.29, 1.82) is 0 Å². The van der Waals surface area contributed by atoms with Crippen LogP contribution in [0.3, 0.4) is 0 Å². The van der Waals surface area contributed by atoms with Crippen LogP contribution in [0.5, 0.6) is 0 Å². The van der Waals surface area contributed by atoms with E-state index in [1.165, 1.54) is 11.1 Å². The monoisotopic (exact) mass is 442 g/mol. The highest BCUT2D eigenvalue weighted by Gasteiger charge is 2.12. The van der Waals surface area contributed by atoms with Crippen LogP contribution in [-0.4, -0.2) is 25.2 Å². The fourth-order valence-corrected chi connectivity index (χ4v) is 3.22. The molecule has 0 heterocycles. The molecule has 0 aliphatic rings. The van der Waals surface area contributed by atoms with Gasteiger partial charge in [0.05, 0.1) is 24.3 Å². The van der Waals surface area contributed by atoms with Crippen molar-refractivity contribution < 1.29 is 19.1 Å². The number of benzene rings is 1. The first-order valence-corrected chi connectivity index (χ1v) is 11.9. The third kappa shape index (κ3) is 12.5. The van der Waals surface area contributed by atoms with Crippen molar-refractivity contribution in [2.24, 2.45) is 11.8 Å². The van der Waals surface area contributed by atoms with Gasteiger partial charge in [-0.1, -0.05) is 37.1 Å². The van der Waals surface area contributed by atoms with Crippen molar-refractivity contribution in [3.8, 4) is 0 Å². The minimum atomic E-state index is -0.355. The van der Waals surface area contributed by atoms with Gasteiger partial charge >= 0.3 is 11.9 Å². The molecule has 1 aromatic carbocycles. The van der Waals surface area contributed by atoms with Gasteiger partial charge in [0.2, 0.25) is 0 Å². The molecule has 0 aliphatic carbocycles. The van der Waals surface area contributed by atoms with Crippen LogP contribution in [0.15, 0.2) is 47.6 Å². The minimum absolute atomic E-state index is 0.355. The van der Waals surface area contributed by atoms with Crippen LogP contribution in [0.25, 0.3) is 0 Å². The maximum Gasteiger partial charge on any atom is 0.338 e. The normalized spacial score (nSPS) is 12.4. The van der Waals surface area contributed by atoms with Crippen molar-refractivity contribution in [2.45, 2.75) is 80.1 Å². The third-order valence-electron chi connectivity index (χ3n) is 5.47. The molecule has 178 valence electrons. The van der Waals surface area contributed by atoms with Crippen molar-refractivity contribution in [3.63, 3.8) is 0 Å². The largest absolute Gasteiger partial charge is 0.462 e. The highest BCUT2D eigenvalue weighted by molar-refractivity contribution is 5.93. The van der Waals surface area contributed by atoms with E-state index >= 15 is 0 Å². The topological polar surface area (TPSA) is 52.6 Å². The zero-order valence-electron chi connectivity index (χ0n) is 20.9. The second-order valence-electron chi connectivity index (χ2n) is 9.35. The Hall–Kier alpha value is -2.36. The molecule has 0 saturated carbocycles. The minimum Gasteiger partial charge on any atom is -0.462 e. The molecule has 4 nitrogen and oxygen atoms in total. The summed E-state index contributed by atoms with van der Waals surface area (Å²) < 4.78 is 10.8. The number of esters is 2. The Bertz CT molecular complexity index is 685. The first kappa shape index (κ1) is 27.7. The first-order chi connectivity index (χ1) is 15.2. The first-order valence-electron chi connectivity index (χ1n) is 11.9. The predicted octanol–water partition coefficient (Wildman–Crippen LogP) is 7.55. The number of allylic oxidation sites excluding steroid dienone is 4. The lowest BCUT2D eigenvalue weighted by Gasteiger charge is -2.11. The molecule has 0 fully saturated rings. The summed E-state index contributed by atoms with van der Waals surface area (Å²) in [6.45, 7) is 13.6. The zero-order chi connectivity index (χ0) is 23.9. The quantitative estimate of drug-likeness (QED) is 0.220. The number of rotatable bonds is 14. The molecule has 4 heteroatoms. The van der Waals surface area contributed by atoms with Crippen LogP contribution >= 0.6 is 0 Å². The predicted molar refractivity (Wildman–Crippen MR) is 132 cm³/mol. The maximum absolute atomic E-state index is 12.2. The highest BCUT2D eigenvalue weighted by atomic mass is 16.5. The lowest BCUT2D eigenvalue weighted by Crippen LogP contribution is -2.11. The standard InChI is InChI=1S/C28H42O4/c1-21(2)9-7-11-23(5)17-19-31-27(29)25-13-15-26(16-14-25)28(30)32-20-18-24(6)12-8-10-22(3)4/h9-10,13-16,23-24H,7-8,11-12,17-20H2,1-6H3/t23-,24?/m1/s1. The van der Waals surface area contributed by atoms with Gasteiger partial charge in [0.25, 0.3) is 0 Å². The lowest BCUT2D eigenvalue weighted by atomic mass is 10.0. The van der Waals surface area contributed by atoms with Gasteiger partial charge in [-0.2, -0.15) is 0 Å². The average molecular weight is 443 g/mol. The summed E-state index contributed by atoms with van der Waals surface area (Å²) in [6, 6.07) is 6.50. The fraction of sp³-hybridized carbons (Fsp3) is 0.571. The second kappa shape index (κ2) is 15.4. The molecule has 1 aromatic rings. The fourth-order valence-electron chi connectivity index (χ4n) is 3.22. The van der Waals surface area contributed by atoms with Gasteiger partial charge in [0.15, 0.2) is 0 Å². The molecule has 0 amide bonds. The summed E-state index contributed by atoms with van der Waals surface area (Å²) in [7, 11) is 0. The smallest absolute Gasteiger partial charge is 0.338 e. The number of hydrogen-bond donors (Lipinski definition) is 0. The maximum atomic E-state index is 12.2. The Kier molecular flexibility index (Phi) is 13.4. The second-order valence-corrected chi connectivity index (χ2v) is 9.35. The van der Waals surface area contributed by atoms with Gasteiger partial charge in [-0.25, -0.2) is 9.59 Å². The number of carbonyl (C=O) groups excluding carboxylic acids is 2. The van der Waals surface area contributed by atoms with Gasteiger partial charge < -0.3 is 9.47 Å². The van der Waals surface area contributed by atoms with E-state index in [0.29, 0.717) is 36.2 Å².